The molecule has 0 saturated carbocycles. The van der Waals surface area contributed by atoms with Crippen LogP contribution in [0.2, 0.25) is 0 Å². The van der Waals surface area contributed by atoms with Crippen LogP contribution in [0.4, 0.5) is 13.2 Å². The van der Waals surface area contributed by atoms with E-state index in [1.807, 2.05) is 0 Å². The SMILES string of the molecule is O=C([O-])c1cccc(C(F)(F)F)c1. The van der Waals surface area contributed by atoms with Crippen molar-refractivity contribution in [3.05, 3.63) is 35.4 Å². The predicted octanol–water partition coefficient (Wildman–Crippen LogP) is 1.07. The third-order valence-electron chi connectivity index (χ3n) is 1.43. The highest BCUT2D eigenvalue weighted by Gasteiger charge is 2.30. The highest BCUT2D eigenvalue weighted by atomic mass is 19.4. The van der Waals surface area contributed by atoms with Gasteiger partial charge in [0.05, 0.1) is 11.5 Å². The second-order valence-electron chi connectivity index (χ2n) is 2.37. The summed E-state index contributed by atoms with van der Waals surface area (Å²) in [6, 6.07) is 3.40. The van der Waals surface area contributed by atoms with E-state index in [-0.39, 0.29) is 0 Å². The molecule has 0 amide bonds. The van der Waals surface area contributed by atoms with E-state index in [9.17, 15) is 23.1 Å². The van der Waals surface area contributed by atoms with Gasteiger partial charge in [0.15, 0.2) is 0 Å². The number of hydrogen-bond acceptors (Lipinski definition) is 2. The van der Waals surface area contributed by atoms with Gasteiger partial charge in [-0.1, -0.05) is 12.1 Å². The summed E-state index contributed by atoms with van der Waals surface area (Å²) in [6.07, 6.45) is -4.52. The van der Waals surface area contributed by atoms with E-state index in [2.05, 4.69) is 0 Å². The molecule has 0 bridgehead atoms. The van der Waals surface area contributed by atoms with E-state index < -0.39 is 23.3 Å². The number of aromatic carboxylic acids is 1. The summed E-state index contributed by atoms with van der Waals surface area (Å²) < 4.78 is 36.1. The molecule has 0 atom stereocenters. The van der Waals surface area contributed by atoms with E-state index in [0.717, 1.165) is 18.2 Å². The van der Waals surface area contributed by atoms with Crippen molar-refractivity contribution >= 4 is 5.97 Å². The van der Waals surface area contributed by atoms with Crippen molar-refractivity contribution in [2.45, 2.75) is 6.18 Å². The van der Waals surface area contributed by atoms with E-state index in [1.165, 1.54) is 0 Å². The molecule has 0 aliphatic carbocycles. The van der Waals surface area contributed by atoms with Gasteiger partial charge in [0.1, 0.15) is 0 Å². The first-order valence-electron chi connectivity index (χ1n) is 3.30. The molecule has 13 heavy (non-hydrogen) atoms. The summed E-state index contributed by atoms with van der Waals surface area (Å²) in [5.41, 5.74) is -1.47. The van der Waals surface area contributed by atoms with Crippen LogP contribution >= 0.6 is 0 Å². The molecule has 0 aliphatic rings. The quantitative estimate of drug-likeness (QED) is 0.662. The monoisotopic (exact) mass is 189 g/mol. The van der Waals surface area contributed by atoms with Crippen LogP contribution in [0.5, 0.6) is 0 Å². The molecular formula is C8H4F3O2-. The Balaban J connectivity index is 3.13. The highest BCUT2D eigenvalue weighted by Crippen LogP contribution is 2.29. The molecule has 0 saturated heterocycles. The van der Waals surface area contributed by atoms with Crippen LogP contribution in [0.25, 0.3) is 0 Å². The summed E-state index contributed by atoms with van der Waals surface area (Å²) in [5.74, 6) is -1.62. The second kappa shape index (κ2) is 3.08. The van der Waals surface area contributed by atoms with E-state index in [0.29, 0.717) is 6.07 Å². The zero-order valence-electron chi connectivity index (χ0n) is 6.26. The molecule has 0 aliphatic heterocycles. The van der Waals surface area contributed by atoms with Crippen LogP contribution in [-0.2, 0) is 6.18 Å². The van der Waals surface area contributed by atoms with Crippen LogP contribution in [0, 0.1) is 0 Å². The van der Waals surface area contributed by atoms with Gasteiger partial charge in [0, 0.05) is 0 Å². The number of hydrogen-bond donors (Lipinski definition) is 0. The fraction of sp³-hybridized carbons (Fsp3) is 0.125. The average Bonchev–Trinajstić information content (AvgIpc) is 2.03. The molecule has 70 valence electrons. The molecule has 0 N–H and O–H groups in total. The van der Waals surface area contributed by atoms with E-state index in [4.69, 9.17) is 0 Å². The van der Waals surface area contributed by atoms with Gasteiger partial charge in [-0.15, -0.1) is 0 Å². The van der Waals surface area contributed by atoms with Gasteiger partial charge in [-0.05, 0) is 17.7 Å². The maximum atomic E-state index is 12.0. The Morgan fingerprint density at radius 3 is 2.38 bits per heavy atom. The van der Waals surface area contributed by atoms with Crippen molar-refractivity contribution in [2.24, 2.45) is 0 Å². The lowest BCUT2D eigenvalue weighted by Gasteiger charge is -2.08. The number of carbonyl (C=O) groups excluding carboxylic acids is 1. The minimum absolute atomic E-state index is 0.477. The lowest BCUT2D eigenvalue weighted by Crippen LogP contribution is -2.22. The maximum absolute atomic E-state index is 12.0. The number of halogens is 3. The van der Waals surface area contributed by atoms with Gasteiger partial charge in [0.2, 0.25) is 0 Å². The number of benzene rings is 1. The number of carbonyl (C=O) groups is 1. The van der Waals surface area contributed by atoms with Gasteiger partial charge in [-0.3, -0.25) is 0 Å². The Bertz CT molecular complexity index is 330. The van der Waals surface area contributed by atoms with Crippen LogP contribution in [-0.4, -0.2) is 5.97 Å². The third kappa shape index (κ3) is 2.21. The van der Waals surface area contributed by atoms with Gasteiger partial charge >= 0.3 is 6.18 Å². The number of rotatable bonds is 1. The molecule has 0 spiro atoms. The first-order chi connectivity index (χ1) is 5.91. The smallest absolute Gasteiger partial charge is 0.416 e. The van der Waals surface area contributed by atoms with Crippen molar-refractivity contribution in [1.29, 1.82) is 0 Å². The van der Waals surface area contributed by atoms with Crippen molar-refractivity contribution in [1.82, 2.24) is 0 Å². The summed E-state index contributed by atoms with van der Waals surface area (Å²) in [4.78, 5) is 10.2. The molecule has 0 fully saturated rings. The minimum Gasteiger partial charge on any atom is -0.545 e. The van der Waals surface area contributed by atoms with Crippen LogP contribution in [0.15, 0.2) is 24.3 Å². The number of alkyl halides is 3. The molecular weight excluding hydrogens is 185 g/mol. The van der Waals surface area contributed by atoms with E-state index in [1.54, 1.807) is 0 Å². The van der Waals surface area contributed by atoms with Crippen molar-refractivity contribution in [3.63, 3.8) is 0 Å². The Morgan fingerprint density at radius 2 is 1.92 bits per heavy atom. The van der Waals surface area contributed by atoms with Crippen LogP contribution < -0.4 is 5.11 Å². The molecule has 2 nitrogen and oxygen atoms in total. The molecule has 1 rings (SSSR count). The summed E-state index contributed by atoms with van der Waals surface area (Å²) in [6.45, 7) is 0. The average molecular weight is 189 g/mol. The molecule has 5 heteroatoms. The molecule has 0 aromatic heterocycles. The summed E-state index contributed by atoms with van der Waals surface area (Å²) >= 11 is 0. The largest absolute Gasteiger partial charge is 0.545 e. The van der Waals surface area contributed by atoms with Gasteiger partial charge in [-0.25, -0.2) is 0 Å². The van der Waals surface area contributed by atoms with Crippen LogP contribution in [0.1, 0.15) is 15.9 Å². The third-order valence-corrected chi connectivity index (χ3v) is 1.43. The predicted molar refractivity (Wildman–Crippen MR) is 35.8 cm³/mol. The number of carboxylic acids is 1. The normalized spacial score (nSPS) is 11.3. The molecule has 1 aromatic rings. The Hall–Kier alpha value is -1.52. The molecule has 1 aromatic carbocycles. The standard InChI is InChI=1S/C8H5F3O2/c9-8(10,11)6-3-1-2-5(4-6)7(12)13/h1-4H,(H,12,13)/p-1. The Morgan fingerprint density at radius 1 is 1.31 bits per heavy atom. The molecule has 0 unspecified atom stereocenters. The molecule has 0 heterocycles. The van der Waals surface area contributed by atoms with Crippen LogP contribution in [0.3, 0.4) is 0 Å². The Kier molecular flexibility index (Phi) is 2.27. The van der Waals surface area contributed by atoms with E-state index >= 15 is 0 Å². The fourth-order valence-electron chi connectivity index (χ4n) is 0.822. The lowest BCUT2D eigenvalue weighted by molar-refractivity contribution is -0.255. The first-order valence-corrected chi connectivity index (χ1v) is 3.30. The second-order valence-corrected chi connectivity index (χ2v) is 2.37. The van der Waals surface area contributed by atoms with Crippen molar-refractivity contribution in [2.75, 3.05) is 0 Å². The summed E-state index contributed by atoms with van der Waals surface area (Å²) in [5, 5.41) is 10.2. The molecule has 0 radical (unpaired) electrons. The minimum atomic E-state index is -4.52. The van der Waals surface area contributed by atoms with Crippen molar-refractivity contribution in [3.8, 4) is 0 Å². The van der Waals surface area contributed by atoms with Gasteiger partial charge in [-0.2, -0.15) is 13.2 Å². The number of carboxylic acid groups (broad SMARTS) is 1. The van der Waals surface area contributed by atoms with Crippen molar-refractivity contribution < 1.29 is 23.1 Å². The topological polar surface area (TPSA) is 40.1 Å². The zero-order valence-corrected chi connectivity index (χ0v) is 6.26. The van der Waals surface area contributed by atoms with Gasteiger partial charge in [0.25, 0.3) is 0 Å². The fourth-order valence-corrected chi connectivity index (χ4v) is 0.822. The van der Waals surface area contributed by atoms with Gasteiger partial charge < -0.3 is 9.90 Å². The Labute approximate surface area is 71.6 Å². The lowest BCUT2D eigenvalue weighted by atomic mass is 10.1. The maximum Gasteiger partial charge on any atom is 0.416 e. The summed E-state index contributed by atoms with van der Waals surface area (Å²) in [7, 11) is 0. The highest BCUT2D eigenvalue weighted by molar-refractivity contribution is 5.85. The first kappa shape index (κ1) is 9.57. The zero-order chi connectivity index (χ0) is 10.1.